The minimum atomic E-state index is -3.71. The van der Waals surface area contributed by atoms with Crippen LogP contribution in [0.5, 0.6) is 5.75 Å². The van der Waals surface area contributed by atoms with Crippen LogP contribution in [0.15, 0.2) is 29.2 Å². The molecule has 0 fully saturated rings. The zero-order valence-electron chi connectivity index (χ0n) is 10.8. The van der Waals surface area contributed by atoms with Gasteiger partial charge in [0.25, 0.3) is 0 Å². The fraction of sp³-hybridized carbons (Fsp3) is 0.417. The van der Waals surface area contributed by atoms with Gasteiger partial charge < -0.3 is 9.84 Å². The van der Waals surface area contributed by atoms with Crippen LogP contribution < -0.4 is 9.46 Å². The molecule has 1 unspecified atom stereocenters. The van der Waals surface area contributed by atoms with Crippen LogP contribution in [0.2, 0.25) is 0 Å². The molecule has 19 heavy (non-hydrogen) atoms. The van der Waals surface area contributed by atoms with Crippen LogP contribution in [-0.4, -0.2) is 32.6 Å². The van der Waals surface area contributed by atoms with Crippen molar-refractivity contribution < 1.29 is 23.1 Å². The summed E-state index contributed by atoms with van der Waals surface area (Å²) in [4.78, 5) is 10.7. The van der Waals surface area contributed by atoms with Gasteiger partial charge in [-0.1, -0.05) is 6.92 Å². The molecule has 0 aliphatic heterocycles. The molecule has 1 aromatic carbocycles. The number of hydrogen-bond donors (Lipinski definition) is 2. The van der Waals surface area contributed by atoms with Crippen molar-refractivity contribution in [2.75, 3.05) is 7.11 Å². The second-order valence-corrected chi connectivity index (χ2v) is 5.71. The van der Waals surface area contributed by atoms with Crippen molar-refractivity contribution in [2.24, 2.45) is 0 Å². The summed E-state index contributed by atoms with van der Waals surface area (Å²) >= 11 is 0. The number of nitrogens with one attached hydrogen (secondary N) is 1. The van der Waals surface area contributed by atoms with Crippen LogP contribution in [0.1, 0.15) is 19.8 Å². The van der Waals surface area contributed by atoms with Crippen LogP contribution in [-0.2, 0) is 14.8 Å². The second kappa shape index (κ2) is 6.53. The van der Waals surface area contributed by atoms with E-state index in [-0.39, 0.29) is 11.3 Å². The summed E-state index contributed by atoms with van der Waals surface area (Å²) in [6.07, 6.45) is 0.160. The Morgan fingerprint density at radius 1 is 1.37 bits per heavy atom. The Balaban J connectivity index is 2.86. The maximum atomic E-state index is 12.0. The predicted molar refractivity (Wildman–Crippen MR) is 69.6 cm³/mol. The van der Waals surface area contributed by atoms with Gasteiger partial charge >= 0.3 is 5.97 Å². The Kier molecular flexibility index (Phi) is 5.31. The molecule has 1 atom stereocenters. The zero-order valence-corrected chi connectivity index (χ0v) is 11.6. The number of methoxy groups -OCH3 is 1. The molecule has 0 aromatic heterocycles. The monoisotopic (exact) mass is 287 g/mol. The lowest BCUT2D eigenvalue weighted by molar-refractivity contribution is -0.137. The Bertz CT molecular complexity index is 524. The molecule has 6 nitrogen and oxygen atoms in total. The van der Waals surface area contributed by atoms with Crippen molar-refractivity contribution in [1.29, 1.82) is 0 Å². The fourth-order valence-corrected chi connectivity index (χ4v) is 2.84. The highest BCUT2D eigenvalue weighted by atomic mass is 32.2. The summed E-state index contributed by atoms with van der Waals surface area (Å²) in [5.74, 6) is -0.485. The molecule has 0 heterocycles. The van der Waals surface area contributed by atoms with E-state index in [2.05, 4.69) is 4.72 Å². The van der Waals surface area contributed by atoms with Gasteiger partial charge in [-0.15, -0.1) is 0 Å². The van der Waals surface area contributed by atoms with E-state index in [1.54, 1.807) is 6.92 Å². The number of aliphatic carboxylic acids is 1. The second-order valence-electron chi connectivity index (χ2n) is 4.00. The third-order valence-corrected chi connectivity index (χ3v) is 4.14. The lowest BCUT2D eigenvalue weighted by atomic mass is 10.2. The number of ether oxygens (including phenoxy) is 1. The van der Waals surface area contributed by atoms with Crippen LogP contribution in [0, 0.1) is 0 Å². The van der Waals surface area contributed by atoms with Gasteiger partial charge in [0.15, 0.2) is 0 Å². The van der Waals surface area contributed by atoms with Crippen molar-refractivity contribution in [2.45, 2.75) is 30.7 Å². The van der Waals surface area contributed by atoms with Gasteiger partial charge in [-0.25, -0.2) is 13.1 Å². The minimum absolute atomic E-state index is 0.0807. The normalized spacial score (nSPS) is 12.9. The van der Waals surface area contributed by atoms with E-state index in [4.69, 9.17) is 9.84 Å². The quantitative estimate of drug-likeness (QED) is 0.786. The summed E-state index contributed by atoms with van der Waals surface area (Å²) in [6, 6.07) is 5.27. The molecule has 7 heteroatoms. The number of rotatable bonds is 7. The first-order valence-corrected chi connectivity index (χ1v) is 7.25. The average molecular weight is 287 g/mol. The first-order valence-electron chi connectivity index (χ1n) is 5.77. The van der Waals surface area contributed by atoms with Gasteiger partial charge in [0.2, 0.25) is 10.0 Å². The first-order chi connectivity index (χ1) is 8.89. The molecule has 0 bridgehead atoms. The van der Waals surface area contributed by atoms with Crippen molar-refractivity contribution in [3.63, 3.8) is 0 Å². The number of sulfonamides is 1. The molecule has 2 N–H and O–H groups in total. The maximum absolute atomic E-state index is 12.0. The summed E-state index contributed by atoms with van der Waals surface area (Å²) in [5, 5.41) is 8.70. The van der Waals surface area contributed by atoms with E-state index in [0.29, 0.717) is 12.2 Å². The number of benzene rings is 1. The van der Waals surface area contributed by atoms with Crippen molar-refractivity contribution in [3.8, 4) is 5.75 Å². The van der Waals surface area contributed by atoms with Gasteiger partial charge in [0.05, 0.1) is 18.4 Å². The third kappa shape index (κ3) is 4.53. The van der Waals surface area contributed by atoms with Gasteiger partial charge in [0, 0.05) is 6.04 Å². The van der Waals surface area contributed by atoms with Crippen molar-refractivity contribution in [1.82, 2.24) is 4.72 Å². The number of carboxylic acids is 1. The van der Waals surface area contributed by atoms with Crippen LogP contribution in [0.4, 0.5) is 0 Å². The standard InChI is InChI=1S/C12H17NO5S/c1-3-9(8-12(14)15)13-19(16,17)11-6-4-10(18-2)5-7-11/h4-7,9,13H,3,8H2,1-2H3,(H,14,15). The highest BCUT2D eigenvalue weighted by Crippen LogP contribution is 2.16. The van der Waals surface area contributed by atoms with E-state index in [0.717, 1.165) is 0 Å². The van der Waals surface area contributed by atoms with Crippen molar-refractivity contribution >= 4 is 16.0 Å². The molecule has 0 radical (unpaired) electrons. The first kappa shape index (κ1) is 15.5. The summed E-state index contributed by atoms with van der Waals surface area (Å²) in [5.41, 5.74) is 0. The van der Waals surface area contributed by atoms with E-state index in [1.807, 2.05) is 0 Å². The lowest BCUT2D eigenvalue weighted by Crippen LogP contribution is -2.35. The summed E-state index contributed by atoms with van der Waals surface area (Å²) in [6.45, 7) is 1.73. The molecule has 1 aromatic rings. The topological polar surface area (TPSA) is 92.7 Å². The number of carbonyl (C=O) groups is 1. The van der Waals surface area contributed by atoms with E-state index >= 15 is 0 Å². The van der Waals surface area contributed by atoms with Gasteiger partial charge in [-0.3, -0.25) is 4.79 Å². The van der Waals surface area contributed by atoms with E-state index in [1.165, 1.54) is 31.4 Å². The number of carboxylic acid groups (broad SMARTS) is 1. The highest BCUT2D eigenvalue weighted by Gasteiger charge is 2.20. The molecule has 0 saturated heterocycles. The fourth-order valence-electron chi connectivity index (χ4n) is 1.52. The predicted octanol–water partition coefficient (Wildman–Crippen LogP) is 1.23. The summed E-state index contributed by atoms with van der Waals surface area (Å²) in [7, 11) is -2.22. The molecule has 0 aliphatic carbocycles. The molecule has 0 spiro atoms. The smallest absolute Gasteiger partial charge is 0.304 e. The Morgan fingerprint density at radius 2 is 1.95 bits per heavy atom. The van der Waals surface area contributed by atoms with Crippen LogP contribution in [0.3, 0.4) is 0 Å². The number of hydrogen-bond acceptors (Lipinski definition) is 4. The molecule has 1 rings (SSSR count). The largest absolute Gasteiger partial charge is 0.497 e. The molecular formula is C12H17NO5S. The van der Waals surface area contributed by atoms with E-state index in [9.17, 15) is 13.2 Å². The Morgan fingerprint density at radius 3 is 2.37 bits per heavy atom. The maximum Gasteiger partial charge on any atom is 0.304 e. The van der Waals surface area contributed by atoms with E-state index < -0.39 is 22.0 Å². The molecular weight excluding hydrogens is 270 g/mol. The van der Waals surface area contributed by atoms with Crippen molar-refractivity contribution in [3.05, 3.63) is 24.3 Å². The Labute approximate surface area is 112 Å². The lowest BCUT2D eigenvalue weighted by Gasteiger charge is -2.15. The highest BCUT2D eigenvalue weighted by molar-refractivity contribution is 7.89. The van der Waals surface area contributed by atoms with Gasteiger partial charge in [-0.05, 0) is 30.7 Å². The zero-order chi connectivity index (χ0) is 14.5. The molecule has 0 amide bonds. The van der Waals surface area contributed by atoms with Crippen LogP contribution >= 0.6 is 0 Å². The molecule has 106 valence electrons. The van der Waals surface area contributed by atoms with Gasteiger partial charge in [0.1, 0.15) is 5.75 Å². The minimum Gasteiger partial charge on any atom is -0.497 e. The SMILES string of the molecule is CCC(CC(=O)O)NS(=O)(=O)c1ccc(OC)cc1. The Hall–Kier alpha value is -1.60. The molecule has 0 saturated carbocycles. The van der Waals surface area contributed by atoms with Crippen LogP contribution in [0.25, 0.3) is 0 Å². The molecule has 0 aliphatic rings. The third-order valence-electron chi connectivity index (χ3n) is 2.61. The van der Waals surface area contributed by atoms with Gasteiger partial charge in [-0.2, -0.15) is 0 Å². The average Bonchev–Trinajstić information content (AvgIpc) is 2.37. The summed E-state index contributed by atoms with van der Waals surface area (Å²) < 4.78 is 31.4.